The first kappa shape index (κ1) is 32.2. The first-order chi connectivity index (χ1) is 19.2. The van der Waals surface area contributed by atoms with Gasteiger partial charge in [-0.3, -0.25) is 9.78 Å². The maximum Gasteiger partial charge on any atom is 0.251 e. The Balaban J connectivity index is 1.73. The van der Waals surface area contributed by atoms with E-state index in [0.717, 1.165) is 24.8 Å². The second-order valence-electron chi connectivity index (χ2n) is 11.3. The molecule has 0 spiro atoms. The zero-order valence-corrected chi connectivity index (χ0v) is 24.9. The van der Waals surface area contributed by atoms with Crippen LogP contribution in [0.2, 0.25) is 0 Å². The third-order valence-corrected chi connectivity index (χ3v) is 8.33. The number of nitro groups is 1. The van der Waals surface area contributed by atoms with Gasteiger partial charge in [0.1, 0.15) is 10.9 Å². The van der Waals surface area contributed by atoms with Crippen LogP contribution in [0.1, 0.15) is 58.4 Å². The van der Waals surface area contributed by atoms with Crippen molar-refractivity contribution in [1.29, 1.82) is 0 Å². The fourth-order valence-electron chi connectivity index (χ4n) is 4.76. The molecule has 226 valence electrons. The molecule has 2 heterocycles. The van der Waals surface area contributed by atoms with Gasteiger partial charge in [-0.15, -0.1) is 0 Å². The Hall–Kier alpha value is -3.36. The molecule has 1 amide bonds. The molecule has 4 N–H and O–H groups in total. The van der Waals surface area contributed by atoms with Gasteiger partial charge in [0.25, 0.3) is 5.96 Å². The van der Waals surface area contributed by atoms with E-state index in [1.54, 1.807) is 28.7 Å². The number of fused-ring (bicyclic) bond motifs is 1. The normalized spacial score (nSPS) is 16.1. The predicted molar refractivity (Wildman–Crippen MR) is 156 cm³/mol. The molecule has 0 aliphatic carbocycles. The van der Waals surface area contributed by atoms with Crippen LogP contribution in [0, 0.1) is 23.0 Å². The van der Waals surface area contributed by atoms with Crippen LogP contribution in [0.3, 0.4) is 0 Å². The van der Waals surface area contributed by atoms with E-state index in [9.17, 15) is 23.3 Å². The molecular formula is C27H41N7O6S. The summed E-state index contributed by atoms with van der Waals surface area (Å²) in [5.41, 5.74) is 8.25. The minimum absolute atomic E-state index is 0.0113. The van der Waals surface area contributed by atoms with Crippen LogP contribution in [-0.4, -0.2) is 73.1 Å². The molecule has 1 atom stereocenters. The largest absolute Gasteiger partial charge is 0.376 e. The molecule has 1 fully saturated rings. The summed E-state index contributed by atoms with van der Waals surface area (Å²) in [4.78, 5) is 34.1. The van der Waals surface area contributed by atoms with Crippen molar-refractivity contribution in [2.45, 2.75) is 76.3 Å². The van der Waals surface area contributed by atoms with Gasteiger partial charge < -0.3 is 15.4 Å². The Morgan fingerprint density at radius 1 is 1.32 bits per heavy atom. The summed E-state index contributed by atoms with van der Waals surface area (Å²) < 4.78 is 35.6. The molecule has 1 aliphatic heterocycles. The Kier molecular flexibility index (Phi) is 11.0. The van der Waals surface area contributed by atoms with Crippen molar-refractivity contribution < 1.29 is 23.0 Å². The van der Waals surface area contributed by atoms with E-state index in [0.29, 0.717) is 36.5 Å². The minimum Gasteiger partial charge on any atom is -0.376 e. The fourth-order valence-corrected chi connectivity index (χ4v) is 6.16. The molecule has 14 heteroatoms. The highest BCUT2D eigenvalue weighted by atomic mass is 32.2. The van der Waals surface area contributed by atoms with E-state index < -0.39 is 21.1 Å². The van der Waals surface area contributed by atoms with E-state index in [1.807, 2.05) is 33.8 Å². The van der Waals surface area contributed by atoms with Gasteiger partial charge in [0.2, 0.25) is 15.9 Å². The van der Waals surface area contributed by atoms with Crippen LogP contribution in [0.25, 0.3) is 10.9 Å². The second-order valence-corrected chi connectivity index (χ2v) is 13.0. The summed E-state index contributed by atoms with van der Waals surface area (Å²) in [7, 11) is -4.13. The van der Waals surface area contributed by atoms with Crippen LogP contribution < -0.4 is 15.9 Å². The Bertz CT molecular complexity index is 1350. The molecule has 3 rings (SSSR count). The van der Waals surface area contributed by atoms with Gasteiger partial charge in [-0.25, -0.2) is 23.5 Å². The summed E-state index contributed by atoms with van der Waals surface area (Å²) in [6.45, 7) is 9.68. The quantitative estimate of drug-likeness (QED) is 0.110. The van der Waals surface area contributed by atoms with Crippen molar-refractivity contribution >= 4 is 32.8 Å². The lowest BCUT2D eigenvalue weighted by molar-refractivity contribution is -0.525. The Labute approximate surface area is 241 Å². The molecule has 41 heavy (non-hydrogen) atoms. The highest BCUT2D eigenvalue weighted by Crippen LogP contribution is 2.25. The number of nitrogens with two attached hydrogens (primary N) is 1. The number of hydrogen-bond acceptors (Lipinski definition) is 8. The number of hydrazine groups is 1. The van der Waals surface area contributed by atoms with Crippen LogP contribution in [-0.2, 0) is 19.6 Å². The lowest BCUT2D eigenvalue weighted by Gasteiger charge is -2.34. The van der Waals surface area contributed by atoms with E-state index in [-0.39, 0.29) is 41.7 Å². The molecule has 0 bridgehead atoms. The minimum atomic E-state index is -4.13. The van der Waals surface area contributed by atoms with Gasteiger partial charge in [-0.05, 0) is 83.4 Å². The number of piperidine rings is 1. The number of nitrogens with zero attached hydrogens (tertiary/aromatic N) is 4. The highest BCUT2D eigenvalue weighted by molar-refractivity contribution is 7.89. The van der Waals surface area contributed by atoms with Crippen molar-refractivity contribution in [2.75, 3.05) is 26.2 Å². The summed E-state index contributed by atoms with van der Waals surface area (Å²) in [6, 6.07) is 5.69. The van der Waals surface area contributed by atoms with Crippen molar-refractivity contribution in [3.05, 3.63) is 46.1 Å². The lowest BCUT2D eigenvalue weighted by Crippen LogP contribution is -2.50. The number of hydrogen-bond donors (Lipinski definition) is 3. The van der Waals surface area contributed by atoms with Crippen molar-refractivity contribution in [2.24, 2.45) is 16.6 Å². The highest BCUT2D eigenvalue weighted by Gasteiger charge is 2.32. The number of carbonyl (C=O) groups is 1. The van der Waals surface area contributed by atoms with Crippen molar-refractivity contribution in [3.63, 3.8) is 0 Å². The third kappa shape index (κ3) is 9.90. The standard InChI is InChI=1S/C27H41N7O6S/c1-19-17-21-7-5-9-23(24(21)30-18-19)41(38,39)32-22(8-6-13-29-26(28)31-34(36)37)25(35)33-14-10-20(11-15-33)12-16-40-27(2,3)4/h5,7,9,17-18,20,22,32H,6,8,10-16H2,1-4H3,(H3,28,29,31)/t22-/m0/s1. The SMILES string of the molecule is Cc1cnc2c(S(=O)(=O)N[C@@H](CCCN=C(N)N[N+](=O)[O-])C(=O)N3CCC(CCOC(C)(C)C)CC3)cccc2c1. The Morgan fingerprint density at radius 2 is 2.02 bits per heavy atom. The fraction of sp³-hybridized carbons (Fsp3) is 0.593. The number of ether oxygens (including phenoxy) is 1. The average Bonchev–Trinajstić information content (AvgIpc) is 2.88. The number of aromatic nitrogens is 1. The maximum atomic E-state index is 13.6. The van der Waals surface area contributed by atoms with Gasteiger partial charge in [0.05, 0.1) is 11.1 Å². The monoisotopic (exact) mass is 591 g/mol. The van der Waals surface area contributed by atoms with Gasteiger partial charge in [-0.2, -0.15) is 4.72 Å². The summed E-state index contributed by atoms with van der Waals surface area (Å²) in [5, 5.41) is 10.4. The third-order valence-electron chi connectivity index (χ3n) is 6.82. The second kappa shape index (κ2) is 14.0. The smallest absolute Gasteiger partial charge is 0.251 e. The molecular weight excluding hydrogens is 550 g/mol. The van der Waals surface area contributed by atoms with Gasteiger partial charge in [0, 0.05) is 37.8 Å². The van der Waals surface area contributed by atoms with Crippen molar-refractivity contribution in [1.82, 2.24) is 20.0 Å². The number of guanidine groups is 1. The first-order valence-corrected chi connectivity index (χ1v) is 15.2. The molecule has 0 radical (unpaired) electrons. The predicted octanol–water partition coefficient (Wildman–Crippen LogP) is 2.51. The van der Waals surface area contributed by atoms with Crippen LogP contribution >= 0.6 is 0 Å². The number of sulfonamides is 1. The van der Waals surface area contributed by atoms with Crippen molar-refractivity contribution in [3.8, 4) is 0 Å². The number of aliphatic imine (C=N–C) groups is 1. The van der Waals surface area contributed by atoms with E-state index in [2.05, 4.69) is 14.7 Å². The van der Waals surface area contributed by atoms with Crippen LogP contribution in [0.5, 0.6) is 0 Å². The molecule has 2 aromatic rings. The zero-order chi connectivity index (χ0) is 30.2. The van der Waals surface area contributed by atoms with E-state index >= 15 is 0 Å². The summed E-state index contributed by atoms with van der Waals surface area (Å²) in [5.74, 6) is -0.261. The topological polar surface area (TPSA) is 182 Å². The van der Waals surface area contributed by atoms with E-state index in [4.69, 9.17) is 10.5 Å². The van der Waals surface area contributed by atoms with Crippen LogP contribution in [0.4, 0.5) is 0 Å². The van der Waals surface area contributed by atoms with Gasteiger partial charge in [-0.1, -0.05) is 17.6 Å². The Morgan fingerprint density at radius 3 is 2.68 bits per heavy atom. The number of pyridine rings is 1. The lowest BCUT2D eigenvalue weighted by atomic mass is 9.93. The average molecular weight is 592 g/mol. The summed E-state index contributed by atoms with van der Waals surface area (Å²) >= 11 is 0. The van der Waals surface area contributed by atoms with Gasteiger partial charge >= 0.3 is 0 Å². The molecule has 1 aromatic carbocycles. The van der Waals surface area contributed by atoms with Gasteiger partial charge in [0.15, 0.2) is 5.03 Å². The van der Waals surface area contributed by atoms with Crippen LogP contribution in [0.15, 0.2) is 40.4 Å². The molecule has 0 saturated carbocycles. The molecule has 1 saturated heterocycles. The number of rotatable bonds is 12. The number of carbonyl (C=O) groups excluding carboxylic acids is 1. The number of benzene rings is 1. The maximum absolute atomic E-state index is 13.6. The summed E-state index contributed by atoms with van der Waals surface area (Å²) in [6.07, 6.45) is 4.51. The number of amides is 1. The molecule has 1 aromatic heterocycles. The number of para-hydroxylation sites is 1. The zero-order valence-electron chi connectivity index (χ0n) is 24.1. The first-order valence-electron chi connectivity index (χ1n) is 13.8. The molecule has 13 nitrogen and oxygen atoms in total. The number of likely N-dealkylation sites (tertiary alicyclic amines) is 1. The molecule has 0 unspecified atom stereocenters. The molecule has 1 aliphatic rings. The number of aryl methyl sites for hydroxylation is 1. The number of nitrogens with one attached hydrogen (secondary N) is 2. The van der Waals surface area contributed by atoms with E-state index in [1.165, 1.54) is 6.07 Å².